The van der Waals surface area contributed by atoms with Crippen LogP contribution in [0.25, 0.3) is 10.9 Å². The number of para-hydroxylation sites is 1. The fraction of sp³-hybridized carbons (Fsp3) is 0.417. The van der Waals surface area contributed by atoms with Crippen LogP contribution in [0.3, 0.4) is 0 Å². The Kier molecular flexibility index (Phi) is 5.95. The van der Waals surface area contributed by atoms with E-state index < -0.39 is 5.54 Å². The number of unbranched alkanes of at least 4 members (excludes halogenated alkanes) is 2. The lowest BCUT2D eigenvalue weighted by molar-refractivity contribution is 0.0344. The first kappa shape index (κ1) is 19.6. The molecule has 5 nitrogen and oxygen atoms in total. The van der Waals surface area contributed by atoms with Gasteiger partial charge < -0.3 is 10.1 Å². The minimum atomic E-state index is -0.413. The molecule has 1 amide bonds. The third-order valence-corrected chi connectivity index (χ3v) is 5.87. The number of carbonyl (C=O) groups excluding carboxylic acids is 1. The van der Waals surface area contributed by atoms with Gasteiger partial charge in [0.2, 0.25) is 0 Å². The molecule has 4 rings (SSSR count). The van der Waals surface area contributed by atoms with Crippen molar-refractivity contribution in [1.82, 2.24) is 15.1 Å². The maximum absolute atomic E-state index is 13.4. The molecule has 1 saturated heterocycles. The number of carbonyl (C=O) groups is 1. The normalized spacial score (nSPS) is 16.0. The van der Waals surface area contributed by atoms with Gasteiger partial charge >= 0.3 is 0 Å². The zero-order valence-electron chi connectivity index (χ0n) is 17.1. The molecule has 0 atom stereocenters. The second-order valence-corrected chi connectivity index (χ2v) is 7.81. The summed E-state index contributed by atoms with van der Waals surface area (Å²) < 4.78 is 7.58. The molecular formula is C24H29N3O2. The van der Waals surface area contributed by atoms with Crippen LogP contribution in [0.5, 0.6) is 0 Å². The van der Waals surface area contributed by atoms with Crippen molar-refractivity contribution in [3.8, 4) is 0 Å². The summed E-state index contributed by atoms with van der Waals surface area (Å²) in [5, 5.41) is 8.98. The number of hydrogen-bond donors (Lipinski definition) is 1. The van der Waals surface area contributed by atoms with Crippen molar-refractivity contribution in [3.63, 3.8) is 0 Å². The minimum absolute atomic E-state index is 0.110. The fourth-order valence-corrected chi connectivity index (χ4v) is 4.22. The molecule has 152 valence electrons. The molecule has 0 aliphatic carbocycles. The Morgan fingerprint density at radius 1 is 1.07 bits per heavy atom. The van der Waals surface area contributed by atoms with Crippen LogP contribution in [0.4, 0.5) is 0 Å². The smallest absolute Gasteiger partial charge is 0.273 e. The van der Waals surface area contributed by atoms with Crippen LogP contribution in [0, 0.1) is 0 Å². The molecule has 29 heavy (non-hydrogen) atoms. The van der Waals surface area contributed by atoms with Crippen LogP contribution < -0.4 is 5.32 Å². The van der Waals surface area contributed by atoms with Crippen LogP contribution in [0.2, 0.25) is 0 Å². The SMILES string of the molecule is CCCCCn1nc(C(=O)NC2(c3ccccc3)CCOCC2)c2ccccc21. The lowest BCUT2D eigenvalue weighted by Gasteiger charge is -2.38. The molecule has 1 aliphatic heterocycles. The number of nitrogens with one attached hydrogen (secondary N) is 1. The number of aromatic nitrogens is 2. The number of amides is 1. The lowest BCUT2D eigenvalue weighted by atomic mass is 9.82. The largest absolute Gasteiger partial charge is 0.381 e. The van der Waals surface area contributed by atoms with Crippen LogP contribution in [-0.4, -0.2) is 28.9 Å². The van der Waals surface area contributed by atoms with Gasteiger partial charge in [-0.15, -0.1) is 0 Å². The van der Waals surface area contributed by atoms with Crippen molar-refractivity contribution in [1.29, 1.82) is 0 Å². The predicted molar refractivity (Wildman–Crippen MR) is 115 cm³/mol. The number of ether oxygens (including phenoxy) is 1. The molecule has 0 unspecified atom stereocenters. The van der Waals surface area contributed by atoms with E-state index in [1.165, 1.54) is 0 Å². The summed E-state index contributed by atoms with van der Waals surface area (Å²) in [7, 11) is 0. The molecule has 2 aromatic carbocycles. The lowest BCUT2D eigenvalue weighted by Crippen LogP contribution is -2.49. The van der Waals surface area contributed by atoms with Gasteiger partial charge in [0.15, 0.2) is 5.69 Å². The van der Waals surface area contributed by atoms with Gasteiger partial charge in [0.1, 0.15) is 0 Å². The van der Waals surface area contributed by atoms with Crippen LogP contribution in [0.1, 0.15) is 55.1 Å². The van der Waals surface area contributed by atoms with Gasteiger partial charge in [-0.05, 0) is 30.9 Å². The monoisotopic (exact) mass is 391 g/mol. The highest BCUT2D eigenvalue weighted by atomic mass is 16.5. The minimum Gasteiger partial charge on any atom is -0.381 e. The molecule has 1 aromatic heterocycles. The van der Waals surface area contributed by atoms with E-state index in [0.29, 0.717) is 18.9 Å². The Morgan fingerprint density at radius 3 is 2.55 bits per heavy atom. The zero-order valence-corrected chi connectivity index (χ0v) is 17.1. The average Bonchev–Trinajstić information content (AvgIpc) is 3.14. The summed E-state index contributed by atoms with van der Waals surface area (Å²) in [4.78, 5) is 13.4. The standard InChI is InChI=1S/C24H29N3O2/c1-2-3-9-16-27-21-13-8-7-12-20(21)22(26-27)23(28)25-24(14-17-29-18-15-24)19-10-5-4-6-11-19/h4-8,10-13H,2-3,9,14-18H2,1H3,(H,25,28). The zero-order chi connectivity index (χ0) is 20.1. The highest BCUT2D eigenvalue weighted by molar-refractivity contribution is 6.05. The first-order valence-electron chi connectivity index (χ1n) is 10.6. The molecule has 2 heterocycles. The van der Waals surface area contributed by atoms with Crippen LogP contribution in [0.15, 0.2) is 54.6 Å². The summed E-state index contributed by atoms with van der Waals surface area (Å²) >= 11 is 0. The first-order valence-corrected chi connectivity index (χ1v) is 10.6. The van der Waals surface area contributed by atoms with Crippen molar-refractivity contribution < 1.29 is 9.53 Å². The predicted octanol–water partition coefficient (Wildman–Crippen LogP) is 4.66. The van der Waals surface area contributed by atoms with E-state index in [2.05, 4.69) is 24.4 Å². The van der Waals surface area contributed by atoms with E-state index >= 15 is 0 Å². The Morgan fingerprint density at radius 2 is 1.79 bits per heavy atom. The number of aryl methyl sites for hydroxylation is 1. The van der Waals surface area contributed by atoms with Crippen LogP contribution in [-0.2, 0) is 16.8 Å². The number of hydrogen-bond acceptors (Lipinski definition) is 3. The second-order valence-electron chi connectivity index (χ2n) is 7.81. The Labute approximate surface area is 172 Å². The Bertz CT molecular complexity index is 959. The van der Waals surface area contributed by atoms with Gasteiger partial charge in [0.05, 0.1) is 11.1 Å². The van der Waals surface area contributed by atoms with E-state index in [1.807, 2.05) is 47.1 Å². The highest BCUT2D eigenvalue weighted by Crippen LogP contribution is 2.33. The topological polar surface area (TPSA) is 56.2 Å². The molecule has 3 aromatic rings. The molecule has 0 saturated carbocycles. The third kappa shape index (κ3) is 4.06. The van der Waals surface area contributed by atoms with Crippen molar-refractivity contribution >= 4 is 16.8 Å². The molecule has 1 N–H and O–H groups in total. The van der Waals surface area contributed by atoms with Crippen molar-refractivity contribution in [2.75, 3.05) is 13.2 Å². The highest BCUT2D eigenvalue weighted by Gasteiger charge is 2.37. The van der Waals surface area contributed by atoms with Crippen molar-refractivity contribution in [2.45, 2.75) is 51.1 Å². The molecule has 0 bridgehead atoms. The number of benzene rings is 2. The van der Waals surface area contributed by atoms with Crippen LogP contribution >= 0.6 is 0 Å². The Balaban J connectivity index is 1.66. The summed E-state index contributed by atoms with van der Waals surface area (Å²) in [6, 6.07) is 18.3. The van der Waals surface area contributed by atoms with E-state index in [1.54, 1.807) is 0 Å². The van der Waals surface area contributed by atoms with E-state index in [0.717, 1.165) is 55.1 Å². The number of fused-ring (bicyclic) bond motifs is 1. The molecular weight excluding hydrogens is 362 g/mol. The number of nitrogens with zero attached hydrogens (tertiary/aromatic N) is 2. The quantitative estimate of drug-likeness (QED) is 0.596. The average molecular weight is 392 g/mol. The maximum Gasteiger partial charge on any atom is 0.273 e. The third-order valence-electron chi connectivity index (χ3n) is 5.87. The van der Waals surface area contributed by atoms with Gasteiger partial charge in [-0.2, -0.15) is 5.10 Å². The molecule has 0 radical (unpaired) electrons. The van der Waals surface area contributed by atoms with Gasteiger partial charge in [0, 0.05) is 25.1 Å². The summed E-state index contributed by atoms with van der Waals surface area (Å²) in [6.07, 6.45) is 4.91. The van der Waals surface area contributed by atoms with Gasteiger partial charge in [-0.1, -0.05) is 68.3 Å². The fourth-order valence-electron chi connectivity index (χ4n) is 4.22. The summed E-state index contributed by atoms with van der Waals surface area (Å²) in [5.41, 5.74) is 2.25. The molecule has 1 fully saturated rings. The molecule has 0 spiro atoms. The Hall–Kier alpha value is -2.66. The van der Waals surface area contributed by atoms with Crippen molar-refractivity contribution in [2.24, 2.45) is 0 Å². The number of rotatable bonds is 7. The maximum atomic E-state index is 13.4. The van der Waals surface area contributed by atoms with Crippen molar-refractivity contribution in [3.05, 3.63) is 65.9 Å². The van der Waals surface area contributed by atoms with Gasteiger partial charge in [-0.3, -0.25) is 9.48 Å². The second kappa shape index (κ2) is 8.78. The molecule has 5 heteroatoms. The van der Waals surface area contributed by atoms with E-state index in [-0.39, 0.29) is 5.91 Å². The molecule has 1 aliphatic rings. The summed E-state index contributed by atoms with van der Waals surface area (Å²) in [6.45, 7) is 4.30. The van der Waals surface area contributed by atoms with Gasteiger partial charge in [0.25, 0.3) is 5.91 Å². The first-order chi connectivity index (χ1) is 14.2. The van der Waals surface area contributed by atoms with E-state index in [9.17, 15) is 4.79 Å². The summed E-state index contributed by atoms with van der Waals surface area (Å²) in [5.74, 6) is -0.110. The van der Waals surface area contributed by atoms with Gasteiger partial charge in [-0.25, -0.2) is 0 Å². The van der Waals surface area contributed by atoms with E-state index in [4.69, 9.17) is 9.84 Å².